The highest BCUT2D eigenvalue weighted by Crippen LogP contribution is 2.33. The van der Waals surface area contributed by atoms with Crippen molar-refractivity contribution in [2.45, 2.75) is 26.2 Å². The number of nitrogens with zero attached hydrogens (tertiary/aromatic N) is 4. The average molecular weight is 500 g/mol. The van der Waals surface area contributed by atoms with Crippen LogP contribution in [0, 0.1) is 6.92 Å². The van der Waals surface area contributed by atoms with E-state index in [1.165, 1.54) is 25.1 Å². The molecule has 0 bridgehead atoms. The molecule has 0 unspecified atom stereocenters. The third-order valence-corrected chi connectivity index (χ3v) is 6.21. The van der Waals surface area contributed by atoms with Crippen molar-refractivity contribution in [1.82, 2.24) is 24.9 Å². The van der Waals surface area contributed by atoms with E-state index in [0.29, 0.717) is 0 Å². The fourth-order valence-electron chi connectivity index (χ4n) is 4.21. The number of carbonyl (C=O) groups excluding carboxylic acids is 1. The van der Waals surface area contributed by atoms with Crippen molar-refractivity contribution in [1.29, 1.82) is 0 Å². The second kappa shape index (κ2) is 10.6. The summed E-state index contributed by atoms with van der Waals surface area (Å²) in [6.07, 6.45) is -4.62. The molecule has 2 heterocycles. The average Bonchev–Trinajstić information content (AvgIpc) is 2.84. The van der Waals surface area contributed by atoms with Crippen molar-refractivity contribution in [2.75, 3.05) is 33.2 Å². The molecule has 0 radical (unpaired) electrons. The summed E-state index contributed by atoms with van der Waals surface area (Å²) in [6.45, 7) is 6.44. The first kappa shape index (κ1) is 25.6. The molecular formula is C26H28F3N5O2. The summed E-state index contributed by atoms with van der Waals surface area (Å²) in [5, 5.41) is 6.69. The smallest absolute Gasteiger partial charge is 0.346 e. The molecule has 1 aliphatic rings. The number of carbonyl (C=O) groups is 1. The molecule has 0 atom stereocenters. The van der Waals surface area contributed by atoms with Crippen LogP contribution in [0.2, 0.25) is 0 Å². The van der Waals surface area contributed by atoms with Gasteiger partial charge in [0.2, 0.25) is 5.43 Å². The first-order valence-electron chi connectivity index (χ1n) is 11.7. The Hall–Kier alpha value is -3.50. The van der Waals surface area contributed by atoms with Gasteiger partial charge in [-0.25, -0.2) is 4.68 Å². The molecule has 2 aromatic carbocycles. The van der Waals surface area contributed by atoms with Crippen LogP contribution in [0.1, 0.15) is 32.9 Å². The fourth-order valence-corrected chi connectivity index (χ4v) is 4.21. The summed E-state index contributed by atoms with van der Waals surface area (Å²) < 4.78 is 41.6. The number of aromatic nitrogens is 2. The summed E-state index contributed by atoms with van der Waals surface area (Å²) in [4.78, 5) is 30.0. The van der Waals surface area contributed by atoms with Crippen molar-refractivity contribution in [2.24, 2.45) is 0 Å². The van der Waals surface area contributed by atoms with E-state index < -0.39 is 28.8 Å². The van der Waals surface area contributed by atoms with E-state index in [4.69, 9.17) is 0 Å². The van der Waals surface area contributed by atoms with Gasteiger partial charge in [0.1, 0.15) is 0 Å². The molecule has 1 amide bonds. The van der Waals surface area contributed by atoms with Crippen LogP contribution >= 0.6 is 0 Å². The molecule has 4 rings (SSSR count). The van der Waals surface area contributed by atoms with Gasteiger partial charge >= 0.3 is 6.18 Å². The molecule has 3 aromatic rings. The molecular weight excluding hydrogens is 471 g/mol. The van der Waals surface area contributed by atoms with Gasteiger partial charge in [-0.05, 0) is 37.2 Å². The molecule has 0 aliphatic carbocycles. The molecule has 7 nitrogen and oxygen atoms in total. The van der Waals surface area contributed by atoms with Crippen LogP contribution in [0.4, 0.5) is 13.2 Å². The summed E-state index contributed by atoms with van der Waals surface area (Å²) >= 11 is 0. The van der Waals surface area contributed by atoms with Gasteiger partial charge in [-0.15, -0.1) is 0 Å². The van der Waals surface area contributed by atoms with Crippen LogP contribution in [-0.4, -0.2) is 58.7 Å². The lowest BCUT2D eigenvalue weighted by atomic mass is 10.1. The number of amides is 1. The Labute approximate surface area is 207 Å². The van der Waals surface area contributed by atoms with Gasteiger partial charge in [-0.1, -0.05) is 36.4 Å². The largest absolute Gasteiger partial charge is 0.418 e. The SMILES string of the molecule is Cc1cc(=O)c(C(=O)NCc2cccc(CN3CCN(C)CC3)c2)nn1-c1ccccc1C(F)(F)F. The van der Waals surface area contributed by atoms with Crippen LogP contribution < -0.4 is 10.7 Å². The topological polar surface area (TPSA) is 70.5 Å². The van der Waals surface area contributed by atoms with E-state index in [2.05, 4.69) is 27.3 Å². The van der Waals surface area contributed by atoms with E-state index in [1.54, 1.807) is 0 Å². The molecule has 1 aromatic heterocycles. The highest BCUT2D eigenvalue weighted by molar-refractivity contribution is 5.92. The lowest BCUT2D eigenvalue weighted by Gasteiger charge is -2.32. The third kappa shape index (κ3) is 6.00. The van der Waals surface area contributed by atoms with Crippen molar-refractivity contribution in [3.05, 3.63) is 92.9 Å². The highest BCUT2D eigenvalue weighted by atomic mass is 19.4. The minimum absolute atomic E-state index is 0.156. The maximum atomic E-state index is 13.5. The summed E-state index contributed by atoms with van der Waals surface area (Å²) in [6, 6.07) is 13.8. The number of nitrogens with one attached hydrogen (secondary N) is 1. The maximum Gasteiger partial charge on any atom is 0.418 e. The molecule has 1 saturated heterocycles. The number of para-hydroxylation sites is 1. The highest BCUT2D eigenvalue weighted by Gasteiger charge is 2.34. The number of likely N-dealkylation sites (N-methyl/N-ethyl adjacent to an activating group) is 1. The first-order chi connectivity index (χ1) is 17.1. The summed E-state index contributed by atoms with van der Waals surface area (Å²) in [5.74, 6) is -0.747. The monoisotopic (exact) mass is 499 g/mol. The van der Waals surface area contributed by atoms with Gasteiger partial charge in [0.15, 0.2) is 5.69 Å². The maximum absolute atomic E-state index is 13.5. The third-order valence-electron chi connectivity index (χ3n) is 6.21. The van der Waals surface area contributed by atoms with E-state index >= 15 is 0 Å². The summed E-state index contributed by atoms with van der Waals surface area (Å²) in [5.41, 5.74) is -0.137. The number of aryl methyl sites for hydroxylation is 1. The Balaban J connectivity index is 1.50. The minimum atomic E-state index is -4.62. The Morgan fingerprint density at radius 1 is 1.00 bits per heavy atom. The number of rotatable bonds is 6. The van der Waals surface area contributed by atoms with E-state index in [1.807, 2.05) is 24.3 Å². The van der Waals surface area contributed by atoms with Gasteiger partial charge in [-0.2, -0.15) is 18.3 Å². The van der Waals surface area contributed by atoms with Gasteiger partial charge in [0, 0.05) is 51.0 Å². The Morgan fingerprint density at radius 2 is 1.69 bits per heavy atom. The lowest BCUT2D eigenvalue weighted by Crippen LogP contribution is -2.43. The second-order valence-corrected chi connectivity index (χ2v) is 9.01. The standard InChI is InChI=1S/C26H28F3N5O2/c1-18-14-23(35)24(31-34(18)22-9-4-3-8-21(22)26(27,28)29)25(36)30-16-19-6-5-7-20(15-19)17-33-12-10-32(2)11-13-33/h3-9,14-15H,10-13,16-17H2,1-2H3,(H,30,36). The Kier molecular flexibility index (Phi) is 7.56. The van der Waals surface area contributed by atoms with Crippen LogP contribution in [0.3, 0.4) is 0 Å². The van der Waals surface area contributed by atoms with E-state index in [-0.39, 0.29) is 17.9 Å². The zero-order chi connectivity index (χ0) is 25.9. The predicted molar refractivity (Wildman–Crippen MR) is 130 cm³/mol. The summed E-state index contributed by atoms with van der Waals surface area (Å²) in [7, 11) is 2.10. The van der Waals surface area contributed by atoms with Crippen molar-refractivity contribution in [3.63, 3.8) is 0 Å². The molecule has 1 fully saturated rings. The number of piperazine rings is 1. The molecule has 1 N–H and O–H groups in total. The zero-order valence-electron chi connectivity index (χ0n) is 20.2. The number of hydrogen-bond donors (Lipinski definition) is 1. The number of halogens is 3. The van der Waals surface area contributed by atoms with Gasteiger partial charge in [0.05, 0.1) is 11.3 Å². The normalized spacial score (nSPS) is 15.1. The molecule has 0 spiro atoms. The zero-order valence-corrected chi connectivity index (χ0v) is 20.2. The minimum Gasteiger partial charge on any atom is -0.346 e. The van der Waals surface area contributed by atoms with E-state index in [0.717, 1.165) is 60.7 Å². The Morgan fingerprint density at radius 3 is 2.42 bits per heavy atom. The molecule has 1 aliphatic heterocycles. The molecule has 10 heteroatoms. The number of alkyl halides is 3. The van der Waals surface area contributed by atoms with Gasteiger partial charge < -0.3 is 10.2 Å². The van der Waals surface area contributed by atoms with Crippen molar-refractivity contribution in [3.8, 4) is 5.69 Å². The first-order valence-corrected chi connectivity index (χ1v) is 11.7. The lowest BCUT2D eigenvalue weighted by molar-refractivity contribution is -0.137. The molecule has 0 saturated carbocycles. The van der Waals surface area contributed by atoms with Crippen molar-refractivity contribution >= 4 is 5.91 Å². The van der Waals surface area contributed by atoms with Crippen LogP contribution in [0.15, 0.2) is 59.4 Å². The number of hydrogen-bond acceptors (Lipinski definition) is 5. The van der Waals surface area contributed by atoms with Gasteiger partial charge in [0.25, 0.3) is 5.91 Å². The molecule has 190 valence electrons. The van der Waals surface area contributed by atoms with E-state index in [9.17, 15) is 22.8 Å². The Bertz CT molecular complexity index is 1300. The van der Waals surface area contributed by atoms with Crippen LogP contribution in [0.25, 0.3) is 5.69 Å². The predicted octanol–water partition coefficient (Wildman–Crippen LogP) is 3.24. The van der Waals surface area contributed by atoms with Gasteiger partial charge in [-0.3, -0.25) is 14.5 Å². The fraction of sp³-hybridized carbons (Fsp3) is 0.346. The quantitative estimate of drug-likeness (QED) is 0.564. The molecule has 36 heavy (non-hydrogen) atoms. The van der Waals surface area contributed by atoms with Crippen molar-refractivity contribution < 1.29 is 18.0 Å². The number of benzene rings is 2. The van der Waals surface area contributed by atoms with Crippen LogP contribution in [-0.2, 0) is 19.3 Å². The second-order valence-electron chi connectivity index (χ2n) is 9.01. The van der Waals surface area contributed by atoms with Crippen LogP contribution in [0.5, 0.6) is 0 Å².